The van der Waals surface area contributed by atoms with E-state index in [-0.39, 0.29) is 34.9 Å². The molecule has 4 aliphatic carbocycles. The minimum atomic E-state index is -2.86. The van der Waals surface area contributed by atoms with Gasteiger partial charge >= 0.3 is 6.03 Å². The Morgan fingerprint density at radius 3 is 2.22 bits per heavy atom. The normalized spacial score (nSPS) is 32.3. The van der Waals surface area contributed by atoms with E-state index in [1.54, 1.807) is 0 Å². The molecule has 1 aromatic heterocycles. The van der Waals surface area contributed by atoms with Crippen molar-refractivity contribution in [1.82, 2.24) is 15.2 Å². The van der Waals surface area contributed by atoms with Crippen LogP contribution in [0.2, 0.25) is 0 Å². The molecule has 2 atom stereocenters. The molecule has 4 bridgehead atoms. The zero-order valence-electron chi connectivity index (χ0n) is 26.4. The largest absolute Gasteiger partial charge is 0.370 e. The number of primary amides is 1. The van der Waals surface area contributed by atoms with E-state index in [1.807, 2.05) is 29.3 Å². The molecule has 12 heteroatoms. The van der Waals surface area contributed by atoms with Crippen molar-refractivity contribution in [3.63, 3.8) is 0 Å². The molecule has 11 nitrogen and oxygen atoms in total. The van der Waals surface area contributed by atoms with Crippen molar-refractivity contribution < 1.29 is 18.0 Å². The predicted molar refractivity (Wildman–Crippen MR) is 178 cm³/mol. The van der Waals surface area contributed by atoms with Crippen LogP contribution in [0.5, 0.6) is 0 Å². The first-order valence-electron chi connectivity index (χ1n) is 17.1. The number of aromatic nitrogens is 1. The number of sulfone groups is 1. The molecule has 4 heterocycles. The molecule has 1 aromatic carbocycles. The van der Waals surface area contributed by atoms with Crippen LogP contribution in [0, 0.1) is 23.2 Å². The molecule has 0 radical (unpaired) electrons. The highest BCUT2D eigenvalue weighted by atomic mass is 32.2. The van der Waals surface area contributed by atoms with E-state index in [2.05, 4.69) is 38.2 Å². The SMILES string of the molecule is NC(=O)C12CC3CC(C1)C(NC(=O)N1CCN(c4ccc(N5CCC(N6CCS(=O)(=O)CC6)CC5)cn4)c4ccccc41)C(C3)C2. The third-order valence-electron chi connectivity index (χ3n) is 12.1. The summed E-state index contributed by atoms with van der Waals surface area (Å²) in [6, 6.07) is 12.7. The van der Waals surface area contributed by atoms with Gasteiger partial charge in [0.1, 0.15) is 5.82 Å². The summed E-state index contributed by atoms with van der Waals surface area (Å²) in [7, 11) is -2.86. The second-order valence-electron chi connectivity index (χ2n) is 14.7. The van der Waals surface area contributed by atoms with Gasteiger partial charge in [-0.1, -0.05) is 12.1 Å². The first kappa shape index (κ1) is 30.0. The van der Waals surface area contributed by atoms with Crippen molar-refractivity contribution in [2.45, 2.75) is 57.0 Å². The number of carbonyl (C=O) groups excluding carboxylic acids is 2. The van der Waals surface area contributed by atoms with Gasteiger partial charge < -0.3 is 20.9 Å². The Morgan fingerprint density at radius 2 is 1.57 bits per heavy atom. The predicted octanol–water partition coefficient (Wildman–Crippen LogP) is 3.13. The lowest BCUT2D eigenvalue weighted by Gasteiger charge is -2.59. The Labute approximate surface area is 271 Å². The number of nitrogens with two attached hydrogens (primary N) is 1. The summed E-state index contributed by atoms with van der Waals surface area (Å²) in [5.74, 6) is 2.45. The van der Waals surface area contributed by atoms with Crippen LogP contribution in [0.25, 0.3) is 0 Å². The number of urea groups is 1. The number of fused-ring (bicyclic) bond motifs is 1. The first-order valence-corrected chi connectivity index (χ1v) is 18.9. The number of hydrogen-bond donors (Lipinski definition) is 2. The molecular formula is C34H45N7O4S. The molecule has 3 N–H and O–H groups in total. The van der Waals surface area contributed by atoms with Crippen molar-refractivity contribution in [2.24, 2.45) is 28.9 Å². The number of amides is 3. The van der Waals surface area contributed by atoms with Gasteiger partial charge in [0.25, 0.3) is 0 Å². The topological polar surface area (TPSA) is 132 Å². The Balaban J connectivity index is 0.917. The fourth-order valence-corrected chi connectivity index (χ4v) is 11.1. The number of nitrogens with one attached hydrogen (secondary N) is 1. The van der Waals surface area contributed by atoms with Crippen LogP contribution in [0.15, 0.2) is 42.6 Å². The molecule has 246 valence electrons. The van der Waals surface area contributed by atoms with Crippen LogP contribution in [0.3, 0.4) is 0 Å². The summed E-state index contributed by atoms with van der Waals surface area (Å²) < 4.78 is 23.7. The summed E-state index contributed by atoms with van der Waals surface area (Å²) in [6.07, 6.45) is 8.67. The maximum Gasteiger partial charge on any atom is 0.322 e. The number of hydrogen-bond acceptors (Lipinski definition) is 8. The fourth-order valence-electron chi connectivity index (χ4n) is 9.90. The van der Waals surface area contributed by atoms with Gasteiger partial charge in [-0.05, 0) is 87.0 Å². The van der Waals surface area contributed by atoms with Gasteiger partial charge in [-0.3, -0.25) is 14.6 Å². The summed E-state index contributed by atoms with van der Waals surface area (Å²) >= 11 is 0. The van der Waals surface area contributed by atoms with E-state index in [9.17, 15) is 18.0 Å². The van der Waals surface area contributed by atoms with Gasteiger partial charge in [0.05, 0.1) is 34.8 Å². The van der Waals surface area contributed by atoms with Crippen molar-refractivity contribution in [3.8, 4) is 0 Å². The van der Waals surface area contributed by atoms with Crippen molar-refractivity contribution in [3.05, 3.63) is 42.6 Å². The molecule has 0 spiro atoms. The molecular weight excluding hydrogens is 602 g/mol. The molecule has 3 amide bonds. The number of piperidine rings is 1. The van der Waals surface area contributed by atoms with E-state index < -0.39 is 9.84 Å². The monoisotopic (exact) mass is 647 g/mol. The van der Waals surface area contributed by atoms with E-state index in [0.29, 0.717) is 50.0 Å². The average molecular weight is 648 g/mol. The standard InChI is InChI=1S/C34H45N7O4S/c35-32(42)34-19-23-17-24(20-34)31(25(18-23)21-34)37-33(43)41-12-11-40(28-3-1-2-4-29(28)41)30-6-5-27(22-36-30)38-9-7-26(8-10-38)39-13-15-46(44,45)16-14-39/h1-6,22-26,31H,7-21H2,(H2,35,42)(H,37,43). The molecule has 3 aliphatic heterocycles. The van der Waals surface area contributed by atoms with Crippen LogP contribution in [0.4, 0.5) is 27.7 Å². The van der Waals surface area contributed by atoms with Crippen molar-refractivity contribution in [2.75, 3.05) is 65.5 Å². The Bertz CT molecular complexity index is 1580. The van der Waals surface area contributed by atoms with Gasteiger partial charge in [0, 0.05) is 56.8 Å². The van der Waals surface area contributed by atoms with Crippen molar-refractivity contribution >= 4 is 44.7 Å². The number of carbonyl (C=O) groups is 2. The lowest BCUT2D eigenvalue weighted by atomic mass is 9.47. The van der Waals surface area contributed by atoms with Crippen LogP contribution < -0.4 is 25.8 Å². The lowest BCUT2D eigenvalue weighted by Crippen LogP contribution is -2.63. The molecule has 7 aliphatic rings. The number of anilines is 4. The maximum atomic E-state index is 13.8. The second-order valence-corrected chi connectivity index (χ2v) is 17.0. The quantitative estimate of drug-likeness (QED) is 0.506. The van der Waals surface area contributed by atoms with Gasteiger partial charge in [0.2, 0.25) is 5.91 Å². The summed E-state index contributed by atoms with van der Waals surface area (Å²) in [5, 5.41) is 3.42. The van der Waals surface area contributed by atoms with Crippen LogP contribution in [0.1, 0.15) is 44.9 Å². The summed E-state index contributed by atoms with van der Waals surface area (Å²) in [4.78, 5) is 39.9. The summed E-state index contributed by atoms with van der Waals surface area (Å²) in [5.41, 5.74) is 8.47. The highest BCUT2D eigenvalue weighted by Crippen LogP contribution is 2.60. The Morgan fingerprint density at radius 1 is 0.870 bits per heavy atom. The molecule has 4 saturated carbocycles. The van der Waals surface area contributed by atoms with E-state index >= 15 is 0 Å². The van der Waals surface area contributed by atoms with Crippen molar-refractivity contribution in [1.29, 1.82) is 0 Å². The van der Waals surface area contributed by atoms with Crippen LogP contribution in [-0.4, -0.2) is 93.1 Å². The molecule has 2 unspecified atom stereocenters. The lowest BCUT2D eigenvalue weighted by molar-refractivity contribution is -0.145. The third-order valence-corrected chi connectivity index (χ3v) is 13.7. The summed E-state index contributed by atoms with van der Waals surface area (Å²) in [6.45, 7) is 4.35. The zero-order chi connectivity index (χ0) is 31.6. The van der Waals surface area contributed by atoms with E-state index in [0.717, 1.165) is 80.9 Å². The highest BCUT2D eigenvalue weighted by Gasteiger charge is 2.58. The molecule has 46 heavy (non-hydrogen) atoms. The van der Waals surface area contributed by atoms with Gasteiger partial charge in [0.15, 0.2) is 9.84 Å². The van der Waals surface area contributed by atoms with Gasteiger partial charge in [-0.15, -0.1) is 0 Å². The Hall–Kier alpha value is -3.38. The smallest absolute Gasteiger partial charge is 0.322 e. The zero-order valence-corrected chi connectivity index (χ0v) is 27.2. The van der Waals surface area contributed by atoms with Crippen LogP contribution in [-0.2, 0) is 14.6 Å². The minimum Gasteiger partial charge on any atom is -0.370 e. The molecule has 2 saturated heterocycles. The Kier molecular flexibility index (Phi) is 7.43. The highest BCUT2D eigenvalue weighted by molar-refractivity contribution is 7.91. The molecule has 2 aromatic rings. The molecule has 6 fully saturated rings. The minimum absolute atomic E-state index is 0.0596. The number of para-hydroxylation sites is 2. The number of benzene rings is 1. The second kappa shape index (κ2) is 11.4. The maximum absolute atomic E-state index is 13.8. The number of nitrogens with zero attached hydrogens (tertiary/aromatic N) is 5. The number of rotatable bonds is 5. The number of pyridine rings is 1. The molecule has 9 rings (SSSR count). The van der Waals surface area contributed by atoms with Crippen LogP contribution >= 0.6 is 0 Å². The van der Waals surface area contributed by atoms with Gasteiger partial charge in [-0.25, -0.2) is 18.2 Å². The fraction of sp³-hybridized carbons (Fsp3) is 0.618. The van der Waals surface area contributed by atoms with Gasteiger partial charge in [-0.2, -0.15) is 0 Å². The van der Waals surface area contributed by atoms with E-state index in [4.69, 9.17) is 10.7 Å². The van der Waals surface area contributed by atoms with E-state index in [1.165, 1.54) is 0 Å². The third kappa shape index (κ3) is 5.31. The average Bonchev–Trinajstić information content (AvgIpc) is 3.06. The first-order chi connectivity index (χ1) is 22.2.